The summed E-state index contributed by atoms with van der Waals surface area (Å²) >= 11 is 7.67. The van der Waals surface area contributed by atoms with E-state index in [1.54, 1.807) is 25.6 Å². The second-order valence-corrected chi connectivity index (χ2v) is 7.53. The standard InChI is InChI=1S/C23H19ClN2O2S/c1-27-20-11-7-18(8-12-20)25-23-26(19-9-13-21(28-2)14-10-19)22(15-29-23)16-3-5-17(24)6-4-16/h3-15H,1-2H3. The van der Waals surface area contributed by atoms with E-state index < -0.39 is 0 Å². The Hall–Kier alpha value is -3.02. The molecule has 0 aliphatic rings. The molecule has 0 atom stereocenters. The van der Waals surface area contributed by atoms with Crippen molar-refractivity contribution in [2.45, 2.75) is 0 Å². The molecule has 0 N–H and O–H groups in total. The first-order valence-corrected chi connectivity index (χ1v) is 10.2. The third-order valence-electron chi connectivity index (χ3n) is 4.48. The zero-order valence-electron chi connectivity index (χ0n) is 16.0. The summed E-state index contributed by atoms with van der Waals surface area (Å²) in [7, 11) is 3.32. The first-order valence-electron chi connectivity index (χ1n) is 8.97. The first-order chi connectivity index (χ1) is 14.2. The molecule has 0 aliphatic carbocycles. The van der Waals surface area contributed by atoms with Crippen molar-refractivity contribution in [2.24, 2.45) is 4.99 Å². The summed E-state index contributed by atoms with van der Waals surface area (Å²) < 4.78 is 12.7. The average Bonchev–Trinajstić information content (AvgIpc) is 3.18. The van der Waals surface area contributed by atoms with Crippen LogP contribution < -0.4 is 14.3 Å². The Morgan fingerprint density at radius 2 is 1.38 bits per heavy atom. The maximum atomic E-state index is 6.08. The van der Waals surface area contributed by atoms with Gasteiger partial charge in [-0.3, -0.25) is 4.57 Å². The van der Waals surface area contributed by atoms with Crippen LogP contribution >= 0.6 is 22.9 Å². The van der Waals surface area contributed by atoms with Crippen LogP contribution in [0.1, 0.15) is 0 Å². The molecule has 29 heavy (non-hydrogen) atoms. The van der Waals surface area contributed by atoms with Gasteiger partial charge in [-0.15, -0.1) is 11.3 Å². The summed E-state index contributed by atoms with van der Waals surface area (Å²) in [6.07, 6.45) is 0. The predicted molar refractivity (Wildman–Crippen MR) is 119 cm³/mol. The number of thiazole rings is 1. The molecule has 1 aromatic heterocycles. The number of hydrogen-bond acceptors (Lipinski definition) is 4. The van der Waals surface area contributed by atoms with E-state index in [0.29, 0.717) is 5.02 Å². The number of hydrogen-bond donors (Lipinski definition) is 0. The molecule has 0 spiro atoms. The second kappa shape index (κ2) is 8.55. The average molecular weight is 423 g/mol. The van der Waals surface area contributed by atoms with Crippen molar-refractivity contribution in [3.8, 4) is 28.4 Å². The topological polar surface area (TPSA) is 35.8 Å². The number of ether oxygens (including phenoxy) is 2. The smallest absolute Gasteiger partial charge is 0.195 e. The van der Waals surface area contributed by atoms with Gasteiger partial charge in [-0.25, -0.2) is 4.99 Å². The molecular weight excluding hydrogens is 404 g/mol. The van der Waals surface area contributed by atoms with E-state index in [-0.39, 0.29) is 0 Å². The van der Waals surface area contributed by atoms with Crippen LogP contribution in [0.2, 0.25) is 5.02 Å². The Morgan fingerprint density at radius 1 is 0.793 bits per heavy atom. The van der Waals surface area contributed by atoms with Crippen LogP contribution in [0.5, 0.6) is 11.5 Å². The van der Waals surface area contributed by atoms with Crippen molar-refractivity contribution in [1.82, 2.24) is 4.57 Å². The SMILES string of the molecule is COc1ccc(N=c2scc(-c3ccc(Cl)cc3)n2-c2ccc(OC)cc2)cc1. The molecule has 0 bridgehead atoms. The molecule has 0 amide bonds. The van der Waals surface area contributed by atoms with Crippen molar-refractivity contribution < 1.29 is 9.47 Å². The van der Waals surface area contributed by atoms with Crippen LogP contribution in [0, 0.1) is 0 Å². The summed E-state index contributed by atoms with van der Waals surface area (Å²) in [6.45, 7) is 0. The fourth-order valence-electron chi connectivity index (χ4n) is 2.96. The number of benzene rings is 3. The normalized spacial score (nSPS) is 11.5. The maximum absolute atomic E-state index is 6.08. The molecule has 6 heteroatoms. The van der Waals surface area contributed by atoms with Gasteiger partial charge in [-0.2, -0.15) is 0 Å². The molecule has 0 saturated carbocycles. The molecule has 4 nitrogen and oxygen atoms in total. The summed E-state index contributed by atoms with van der Waals surface area (Å²) in [5.41, 5.74) is 3.98. The molecular formula is C23H19ClN2O2S. The van der Waals surface area contributed by atoms with Gasteiger partial charge in [0, 0.05) is 16.1 Å². The highest BCUT2D eigenvalue weighted by molar-refractivity contribution is 7.07. The van der Waals surface area contributed by atoms with E-state index in [4.69, 9.17) is 26.1 Å². The molecule has 1 heterocycles. The fourth-order valence-corrected chi connectivity index (χ4v) is 4.01. The molecule has 4 rings (SSSR count). The second-order valence-electron chi connectivity index (χ2n) is 6.25. The Kier molecular flexibility index (Phi) is 5.69. The number of methoxy groups -OCH3 is 2. The van der Waals surface area contributed by atoms with E-state index in [0.717, 1.165) is 38.9 Å². The van der Waals surface area contributed by atoms with Crippen LogP contribution in [0.4, 0.5) is 5.69 Å². The molecule has 146 valence electrons. The summed E-state index contributed by atoms with van der Waals surface area (Å²) in [5.74, 6) is 1.62. The van der Waals surface area contributed by atoms with Crippen molar-refractivity contribution in [1.29, 1.82) is 0 Å². The van der Waals surface area contributed by atoms with Crippen molar-refractivity contribution in [3.05, 3.63) is 88.0 Å². The third kappa shape index (κ3) is 4.21. The minimum Gasteiger partial charge on any atom is -0.497 e. The zero-order valence-corrected chi connectivity index (χ0v) is 17.6. The maximum Gasteiger partial charge on any atom is 0.195 e. The van der Waals surface area contributed by atoms with Gasteiger partial charge in [0.1, 0.15) is 11.5 Å². The lowest BCUT2D eigenvalue weighted by Crippen LogP contribution is -2.13. The van der Waals surface area contributed by atoms with Gasteiger partial charge in [-0.05, 0) is 66.2 Å². The highest BCUT2D eigenvalue weighted by atomic mass is 35.5. The van der Waals surface area contributed by atoms with Crippen molar-refractivity contribution >= 4 is 28.6 Å². The van der Waals surface area contributed by atoms with Gasteiger partial charge in [-0.1, -0.05) is 23.7 Å². The zero-order chi connectivity index (χ0) is 20.2. The van der Waals surface area contributed by atoms with E-state index in [2.05, 4.69) is 9.95 Å². The highest BCUT2D eigenvalue weighted by Gasteiger charge is 2.11. The summed E-state index contributed by atoms with van der Waals surface area (Å²) in [5, 5.41) is 2.82. The van der Waals surface area contributed by atoms with Crippen LogP contribution in [-0.2, 0) is 0 Å². The van der Waals surface area contributed by atoms with Gasteiger partial charge in [0.2, 0.25) is 0 Å². The third-order valence-corrected chi connectivity index (χ3v) is 5.55. The number of rotatable bonds is 5. The van der Waals surface area contributed by atoms with E-state index >= 15 is 0 Å². The highest BCUT2D eigenvalue weighted by Crippen LogP contribution is 2.26. The molecule has 0 radical (unpaired) electrons. The van der Waals surface area contributed by atoms with E-state index in [1.165, 1.54) is 0 Å². The van der Waals surface area contributed by atoms with Gasteiger partial charge in [0.05, 0.1) is 25.6 Å². The lowest BCUT2D eigenvalue weighted by molar-refractivity contribution is 0.414. The quantitative estimate of drug-likeness (QED) is 0.389. The summed E-state index contributed by atoms with van der Waals surface area (Å²) in [6, 6.07) is 23.5. The molecule has 0 fully saturated rings. The minimum absolute atomic E-state index is 0.711. The number of nitrogens with zero attached hydrogens (tertiary/aromatic N) is 2. The first kappa shape index (κ1) is 19.3. The lowest BCUT2D eigenvalue weighted by Gasteiger charge is -2.10. The van der Waals surface area contributed by atoms with Crippen LogP contribution in [0.15, 0.2) is 83.2 Å². The Morgan fingerprint density at radius 3 is 1.97 bits per heavy atom. The van der Waals surface area contributed by atoms with Gasteiger partial charge in [0.15, 0.2) is 4.80 Å². The molecule has 0 unspecified atom stereocenters. The van der Waals surface area contributed by atoms with E-state index in [1.807, 2.05) is 72.8 Å². The van der Waals surface area contributed by atoms with Gasteiger partial charge >= 0.3 is 0 Å². The monoisotopic (exact) mass is 422 g/mol. The summed E-state index contributed by atoms with van der Waals surface area (Å²) in [4.78, 5) is 5.73. The van der Waals surface area contributed by atoms with Gasteiger partial charge < -0.3 is 9.47 Å². The Labute approximate surface area is 178 Å². The lowest BCUT2D eigenvalue weighted by atomic mass is 10.1. The minimum atomic E-state index is 0.711. The van der Waals surface area contributed by atoms with Crippen LogP contribution in [0.25, 0.3) is 16.9 Å². The molecule has 0 aliphatic heterocycles. The van der Waals surface area contributed by atoms with Crippen LogP contribution in [-0.4, -0.2) is 18.8 Å². The van der Waals surface area contributed by atoms with Crippen LogP contribution in [0.3, 0.4) is 0 Å². The number of halogens is 1. The molecule has 0 saturated heterocycles. The molecule has 3 aromatic carbocycles. The van der Waals surface area contributed by atoms with Gasteiger partial charge in [0.25, 0.3) is 0 Å². The fraction of sp³-hybridized carbons (Fsp3) is 0.0870. The molecule has 4 aromatic rings. The van der Waals surface area contributed by atoms with Crippen molar-refractivity contribution in [3.63, 3.8) is 0 Å². The van der Waals surface area contributed by atoms with E-state index in [9.17, 15) is 0 Å². The Balaban J connectivity index is 1.88. The van der Waals surface area contributed by atoms with Crippen molar-refractivity contribution in [2.75, 3.05) is 14.2 Å². The Bertz CT molecular complexity index is 1160. The number of aromatic nitrogens is 1. The predicted octanol–water partition coefficient (Wildman–Crippen LogP) is 6.11. The largest absolute Gasteiger partial charge is 0.497 e.